The van der Waals surface area contributed by atoms with Gasteiger partial charge >= 0.3 is 0 Å². The van der Waals surface area contributed by atoms with Crippen molar-refractivity contribution in [3.63, 3.8) is 0 Å². The number of likely N-dealkylation sites (N-methyl/N-ethyl adjacent to an activating group) is 1. The van der Waals surface area contributed by atoms with Gasteiger partial charge in [-0.05, 0) is 25.8 Å². The third kappa shape index (κ3) is 2.47. The molecule has 14 heavy (non-hydrogen) atoms. The van der Waals surface area contributed by atoms with E-state index < -0.39 is 0 Å². The SMILES string of the molecule is CO[C@@H](C1CC1)[C@H]1CNCCN(C)C1. The average molecular weight is 198 g/mol. The van der Waals surface area contributed by atoms with Gasteiger partial charge in [-0.15, -0.1) is 0 Å². The fourth-order valence-corrected chi connectivity index (χ4v) is 2.53. The van der Waals surface area contributed by atoms with E-state index in [1.54, 1.807) is 0 Å². The number of ether oxygens (including phenoxy) is 1. The van der Waals surface area contributed by atoms with Crippen molar-refractivity contribution in [2.24, 2.45) is 11.8 Å². The summed E-state index contributed by atoms with van der Waals surface area (Å²) in [7, 11) is 4.08. The summed E-state index contributed by atoms with van der Waals surface area (Å²) in [6.07, 6.45) is 3.24. The van der Waals surface area contributed by atoms with Crippen molar-refractivity contribution in [2.75, 3.05) is 40.3 Å². The highest BCUT2D eigenvalue weighted by molar-refractivity contribution is 4.89. The molecule has 1 aliphatic heterocycles. The van der Waals surface area contributed by atoms with Crippen molar-refractivity contribution < 1.29 is 4.74 Å². The summed E-state index contributed by atoms with van der Waals surface area (Å²) in [6, 6.07) is 0. The predicted molar refractivity (Wildman–Crippen MR) is 57.4 cm³/mol. The van der Waals surface area contributed by atoms with E-state index in [0.29, 0.717) is 12.0 Å². The Hall–Kier alpha value is -0.120. The van der Waals surface area contributed by atoms with Crippen LogP contribution in [-0.2, 0) is 4.74 Å². The van der Waals surface area contributed by atoms with E-state index in [2.05, 4.69) is 17.3 Å². The van der Waals surface area contributed by atoms with E-state index in [1.807, 2.05) is 7.11 Å². The molecule has 0 spiro atoms. The maximum absolute atomic E-state index is 5.65. The first-order chi connectivity index (χ1) is 6.81. The van der Waals surface area contributed by atoms with Crippen LogP contribution in [0.15, 0.2) is 0 Å². The first-order valence-corrected chi connectivity index (χ1v) is 5.73. The van der Waals surface area contributed by atoms with Gasteiger partial charge in [0.25, 0.3) is 0 Å². The second kappa shape index (κ2) is 4.60. The second-order valence-electron chi connectivity index (χ2n) is 4.76. The standard InChI is InChI=1S/C11H22N2O/c1-13-6-5-12-7-10(8-13)11(14-2)9-3-4-9/h9-12H,3-8H2,1-2H3/t10-,11-/m0/s1. The third-order valence-corrected chi connectivity index (χ3v) is 3.45. The highest BCUT2D eigenvalue weighted by Crippen LogP contribution is 2.37. The molecule has 0 bridgehead atoms. The highest BCUT2D eigenvalue weighted by Gasteiger charge is 2.37. The van der Waals surface area contributed by atoms with Crippen LogP contribution < -0.4 is 5.32 Å². The minimum absolute atomic E-state index is 0.489. The van der Waals surface area contributed by atoms with Crippen LogP contribution in [0.5, 0.6) is 0 Å². The summed E-state index contributed by atoms with van der Waals surface area (Å²) in [5.41, 5.74) is 0. The molecule has 2 rings (SSSR count). The number of methoxy groups -OCH3 is 1. The first kappa shape index (κ1) is 10.4. The Morgan fingerprint density at radius 2 is 2.14 bits per heavy atom. The number of rotatable bonds is 3. The van der Waals surface area contributed by atoms with Crippen LogP contribution in [0.4, 0.5) is 0 Å². The summed E-state index contributed by atoms with van der Waals surface area (Å²) in [5.74, 6) is 1.53. The molecule has 0 unspecified atom stereocenters. The predicted octanol–water partition coefficient (Wildman–Crippen LogP) is 0.563. The Labute approximate surface area is 86.8 Å². The lowest BCUT2D eigenvalue weighted by Crippen LogP contribution is -2.37. The molecule has 1 saturated carbocycles. The van der Waals surface area contributed by atoms with E-state index in [9.17, 15) is 0 Å². The fourth-order valence-electron chi connectivity index (χ4n) is 2.53. The summed E-state index contributed by atoms with van der Waals surface area (Å²) in [4.78, 5) is 2.42. The van der Waals surface area contributed by atoms with Crippen LogP contribution in [0.2, 0.25) is 0 Å². The molecule has 1 N–H and O–H groups in total. The van der Waals surface area contributed by atoms with Gasteiger partial charge < -0.3 is 15.0 Å². The van der Waals surface area contributed by atoms with Gasteiger partial charge in [0, 0.05) is 39.2 Å². The van der Waals surface area contributed by atoms with Crippen molar-refractivity contribution >= 4 is 0 Å². The third-order valence-electron chi connectivity index (χ3n) is 3.45. The first-order valence-electron chi connectivity index (χ1n) is 5.73. The molecule has 3 heteroatoms. The molecule has 2 fully saturated rings. The van der Waals surface area contributed by atoms with Crippen molar-refractivity contribution in [3.05, 3.63) is 0 Å². The normalized spacial score (nSPS) is 32.6. The molecule has 1 heterocycles. The van der Waals surface area contributed by atoms with E-state index in [0.717, 1.165) is 25.6 Å². The van der Waals surface area contributed by atoms with Gasteiger partial charge in [0.05, 0.1) is 6.10 Å². The van der Waals surface area contributed by atoms with Gasteiger partial charge in [-0.3, -0.25) is 0 Å². The van der Waals surface area contributed by atoms with Crippen LogP contribution in [0.3, 0.4) is 0 Å². The van der Waals surface area contributed by atoms with Crippen LogP contribution in [-0.4, -0.2) is 51.3 Å². The van der Waals surface area contributed by atoms with E-state index in [1.165, 1.54) is 19.4 Å². The van der Waals surface area contributed by atoms with E-state index in [-0.39, 0.29) is 0 Å². The van der Waals surface area contributed by atoms with Crippen molar-refractivity contribution in [1.29, 1.82) is 0 Å². The molecule has 0 radical (unpaired) electrons. The minimum Gasteiger partial charge on any atom is -0.381 e. The monoisotopic (exact) mass is 198 g/mol. The van der Waals surface area contributed by atoms with Gasteiger partial charge in [0.1, 0.15) is 0 Å². The average Bonchev–Trinajstić information content (AvgIpc) is 2.96. The van der Waals surface area contributed by atoms with E-state index >= 15 is 0 Å². The molecule has 0 amide bonds. The molecule has 3 nitrogen and oxygen atoms in total. The van der Waals surface area contributed by atoms with Gasteiger partial charge in [0.15, 0.2) is 0 Å². The lowest BCUT2D eigenvalue weighted by Gasteiger charge is -2.27. The maximum atomic E-state index is 5.65. The molecule has 0 aromatic carbocycles. The number of nitrogens with zero attached hydrogens (tertiary/aromatic N) is 1. The van der Waals surface area contributed by atoms with Crippen molar-refractivity contribution in [2.45, 2.75) is 18.9 Å². The topological polar surface area (TPSA) is 24.5 Å². The Morgan fingerprint density at radius 1 is 1.36 bits per heavy atom. The van der Waals surface area contributed by atoms with E-state index in [4.69, 9.17) is 4.74 Å². The Morgan fingerprint density at radius 3 is 2.79 bits per heavy atom. The van der Waals surface area contributed by atoms with Gasteiger partial charge in [-0.2, -0.15) is 0 Å². The molecule has 2 aliphatic rings. The summed E-state index contributed by atoms with van der Waals surface area (Å²) < 4.78 is 5.65. The maximum Gasteiger partial charge on any atom is 0.0652 e. The lowest BCUT2D eigenvalue weighted by atomic mass is 9.98. The molecular weight excluding hydrogens is 176 g/mol. The zero-order valence-electron chi connectivity index (χ0n) is 9.33. The number of nitrogens with one attached hydrogen (secondary N) is 1. The van der Waals surface area contributed by atoms with Crippen LogP contribution in [0.1, 0.15) is 12.8 Å². The zero-order chi connectivity index (χ0) is 9.97. The fraction of sp³-hybridized carbons (Fsp3) is 1.00. The molecule has 0 aromatic heterocycles. The van der Waals surface area contributed by atoms with Gasteiger partial charge in [-0.1, -0.05) is 0 Å². The lowest BCUT2D eigenvalue weighted by molar-refractivity contribution is 0.0280. The summed E-state index contributed by atoms with van der Waals surface area (Å²) in [5, 5.41) is 3.50. The minimum atomic E-state index is 0.489. The quantitative estimate of drug-likeness (QED) is 0.717. The summed E-state index contributed by atoms with van der Waals surface area (Å²) in [6.45, 7) is 4.59. The van der Waals surface area contributed by atoms with Gasteiger partial charge in [0.2, 0.25) is 0 Å². The van der Waals surface area contributed by atoms with Crippen LogP contribution >= 0.6 is 0 Å². The molecule has 82 valence electrons. The molecule has 0 aromatic rings. The molecule has 2 atom stereocenters. The Balaban J connectivity index is 1.91. The molecular formula is C11H22N2O. The smallest absolute Gasteiger partial charge is 0.0652 e. The highest BCUT2D eigenvalue weighted by atomic mass is 16.5. The van der Waals surface area contributed by atoms with Crippen LogP contribution in [0.25, 0.3) is 0 Å². The largest absolute Gasteiger partial charge is 0.381 e. The zero-order valence-corrected chi connectivity index (χ0v) is 9.33. The second-order valence-corrected chi connectivity index (χ2v) is 4.76. The van der Waals surface area contributed by atoms with Crippen molar-refractivity contribution in [3.8, 4) is 0 Å². The number of hydrogen-bond donors (Lipinski definition) is 1. The van der Waals surface area contributed by atoms with Crippen LogP contribution in [0, 0.1) is 11.8 Å². The Bertz CT molecular complexity index is 182. The van der Waals surface area contributed by atoms with Crippen molar-refractivity contribution in [1.82, 2.24) is 10.2 Å². The molecule has 1 saturated heterocycles. The molecule has 1 aliphatic carbocycles. The number of hydrogen-bond acceptors (Lipinski definition) is 3. The Kier molecular flexibility index (Phi) is 3.42. The van der Waals surface area contributed by atoms with Gasteiger partial charge in [-0.25, -0.2) is 0 Å². The summed E-state index contributed by atoms with van der Waals surface area (Å²) >= 11 is 0.